The van der Waals surface area contributed by atoms with E-state index in [0.717, 1.165) is 12.8 Å². The van der Waals surface area contributed by atoms with Crippen LogP contribution in [0.5, 0.6) is 5.75 Å². The van der Waals surface area contributed by atoms with Crippen LogP contribution < -0.4 is 4.74 Å². The molecule has 0 radical (unpaired) electrons. The first-order valence-electron chi connectivity index (χ1n) is 5.88. The molecule has 1 fully saturated rings. The maximum absolute atomic E-state index is 11.2. The van der Waals surface area contributed by atoms with Crippen LogP contribution in [0.1, 0.15) is 23.2 Å². The van der Waals surface area contributed by atoms with Gasteiger partial charge in [0.25, 0.3) is 0 Å². The zero-order valence-electron chi connectivity index (χ0n) is 9.89. The number of aromatic amines is 1. The van der Waals surface area contributed by atoms with Crippen LogP contribution in [0.25, 0.3) is 11.3 Å². The number of nitrogens with zero attached hydrogens (tertiary/aromatic N) is 1. The lowest BCUT2D eigenvalue weighted by atomic mass is 10.1. The number of carboxylic acids is 1. The van der Waals surface area contributed by atoms with Crippen molar-refractivity contribution in [3.63, 3.8) is 0 Å². The van der Waals surface area contributed by atoms with Crippen LogP contribution in [0, 0.1) is 0 Å². The van der Waals surface area contributed by atoms with Crippen molar-refractivity contribution in [2.75, 3.05) is 0 Å². The number of hydrogen-bond donors (Lipinski definition) is 2. The molecular weight excluding hydrogens is 268 g/mol. The Balaban J connectivity index is 2.08. The molecule has 19 heavy (non-hydrogen) atoms. The van der Waals surface area contributed by atoms with Crippen LogP contribution in [0.3, 0.4) is 0 Å². The second kappa shape index (κ2) is 4.59. The van der Waals surface area contributed by atoms with Crippen LogP contribution in [0.4, 0.5) is 0 Å². The van der Waals surface area contributed by atoms with Crippen LogP contribution >= 0.6 is 11.6 Å². The first-order valence-corrected chi connectivity index (χ1v) is 6.26. The summed E-state index contributed by atoms with van der Waals surface area (Å²) in [5.74, 6) is -0.417. The van der Waals surface area contributed by atoms with Gasteiger partial charge in [-0.2, -0.15) is 5.10 Å². The normalized spacial score (nSPS) is 14.4. The second-order valence-corrected chi connectivity index (χ2v) is 4.86. The second-order valence-electron chi connectivity index (χ2n) is 4.42. The summed E-state index contributed by atoms with van der Waals surface area (Å²) in [6.07, 6.45) is 3.55. The Bertz CT molecular complexity index is 635. The standard InChI is InChI=1S/C13H11ClN2O3/c14-7-1-4-11(19-8-2-3-8)9(5-7)12-10(13(17)18)6-15-16-12/h1,4-6,8H,2-3H2,(H,15,16)(H,17,18). The van der Waals surface area contributed by atoms with E-state index in [4.69, 9.17) is 21.4 Å². The third kappa shape index (κ3) is 2.42. The summed E-state index contributed by atoms with van der Waals surface area (Å²) in [4.78, 5) is 11.2. The Hall–Kier alpha value is -2.01. The highest BCUT2D eigenvalue weighted by Gasteiger charge is 2.26. The highest BCUT2D eigenvalue weighted by Crippen LogP contribution is 2.37. The van der Waals surface area contributed by atoms with Gasteiger partial charge in [0, 0.05) is 10.6 Å². The lowest BCUT2D eigenvalue weighted by Crippen LogP contribution is -2.01. The highest BCUT2D eigenvalue weighted by atomic mass is 35.5. The summed E-state index contributed by atoms with van der Waals surface area (Å²) in [7, 11) is 0. The van der Waals surface area contributed by atoms with Gasteiger partial charge in [0.15, 0.2) is 0 Å². The molecule has 1 heterocycles. The van der Waals surface area contributed by atoms with Crippen molar-refractivity contribution in [2.45, 2.75) is 18.9 Å². The van der Waals surface area contributed by atoms with E-state index in [2.05, 4.69) is 10.2 Å². The number of benzene rings is 1. The molecule has 0 amide bonds. The van der Waals surface area contributed by atoms with Gasteiger partial charge in [-0.3, -0.25) is 5.10 Å². The predicted molar refractivity (Wildman–Crippen MR) is 69.6 cm³/mol. The first-order chi connectivity index (χ1) is 9.15. The number of nitrogens with one attached hydrogen (secondary N) is 1. The van der Waals surface area contributed by atoms with Gasteiger partial charge in [0.05, 0.1) is 18.0 Å². The lowest BCUT2D eigenvalue weighted by molar-refractivity contribution is 0.0698. The number of hydrogen-bond acceptors (Lipinski definition) is 3. The van der Waals surface area contributed by atoms with Gasteiger partial charge in [-0.25, -0.2) is 4.79 Å². The van der Waals surface area contributed by atoms with E-state index in [0.29, 0.717) is 22.0 Å². The molecule has 1 aromatic carbocycles. The van der Waals surface area contributed by atoms with Gasteiger partial charge in [-0.15, -0.1) is 0 Å². The van der Waals surface area contributed by atoms with Crippen LogP contribution in [-0.4, -0.2) is 27.4 Å². The average molecular weight is 279 g/mol. The first kappa shape index (κ1) is 12.0. The number of H-pyrrole nitrogens is 1. The highest BCUT2D eigenvalue weighted by molar-refractivity contribution is 6.31. The van der Waals surface area contributed by atoms with Gasteiger partial charge in [0.2, 0.25) is 0 Å². The monoisotopic (exact) mass is 278 g/mol. The Kier molecular flexibility index (Phi) is 2.91. The topological polar surface area (TPSA) is 75.2 Å². The fourth-order valence-corrected chi connectivity index (χ4v) is 1.99. The predicted octanol–water partition coefficient (Wildman–Crippen LogP) is 2.97. The van der Waals surface area contributed by atoms with Gasteiger partial charge in [-0.05, 0) is 31.0 Å². The smallest absolute Gasteiger partial charge is 0.339 e. The molecule has 0 bridgehead atoms. The van der Waals surface area contributed by atoms with Crippen LogP contribution in [0.15, 0.2) is 24.4 Å². The minimum atomic E-state index is -1.04. The average Bonchev–Trinajstić information content (AvgIpc) is 3.04. The minimum absolute atomic E-state index is 0.0999. The van der Waals surface area contributed by atoms with Crippen molar-refractivity contribution in [2.24, 2.45) is 0 Å². The number of carboxylic acid groups (broad SMARTS) is 1. The van der Waals surface area contributed by atoms with E-state index in [9.17, 15) is 4.79 Å². The molecule has 1 aromatic heterocycles. The molecule has 1 aliphatic carbocycles. The fourth-order valence-electron chi connectivity index (χ4n) is 1.82. The van der Waals surface area contributed by atoms with E-state index < -0.39 is 5.97 Å². The number of carbonyl (C=O) groups is 1. The molecule has 98 valence electrons. The Morgan fingerprint density at radius 3 is 2.95 bits per heavy atom. The molecular formula is C13H11ClN2O3. The maximum atomic E-state index is 11.2. The summed E-state index contributed by atoms with van der Waals surface area (Å²) >= 11 is 5.98. The maximum Gasteiger partial charge on any atom is 0.339 e. The molecule has 0 unspecified atom stereocenters. The summed E-state index contributed by atoms with van der Waals surface area (Å²) in [5, 5.41) is 16.1. The molecule has 0 atom stereocenters. The van der Waals surface area contributed by atoms with Crippen molar-refractivity contribution < 1.29 is 14.6 Å². The molecule has 1 saturated carbocycles. The fraction of sp³-hybridized carbons (Fsp3) is 0.231. The van der Waals surface area contributed by atoms with Crippen molar-refractivity contribution in [3.05, 3.63) is 35.0 Å². The van der Waals surface area contributed by atoms with Crippen LogP contribution in [-0.2, 0) is 0 Å². The largest absolute Gasteiger partial charge is 0.490 e. The Morgan fingerprint density at radius 1 is 1.47 bits per heavy atom. The molecule has 0 spiro atoms. The molecule has 2 N–H and O–H groups in total. The molecule has 1 aliphatic rings. The van der Waals surface area contributed by atoms with E-state index in [1.54, 1.807) is 18.2 Å². The molecule has 0 aliphatic heterocycles. The van der Waals surface area contributed by atoms with Crippen molar-refractivity contribution in [1.29, 1.82) is 0 Å². The number of ether oxygens (including phenoxy) is 1. The van der Waals surface area contributed by atoms with Gasteiger partial charge in [0.1, 0.15) is 11.3 Å². The van der Waals surface area contributed by atoms with Gasteiger partial charge < -0.3 is 9.84 Å². The van der Waals surface area contributed by atoms with E-state index in [1.165, 1.54) is 6.20 Å². The third-order valence-corrected chi connectivity index (χ3v) is 3.13. The van der Waals surface area contributed by atoms with Crippen LogP contribution in [0.2, 0.25) is 5.02 Å². The number of aromatic carboxylic acids is 1. The molecule has 3 rings (SSSR count). The molecule has 2 aromatic rings. The Morgan fingerprint density at radius 2 is 2.26 bits per heavy atom. The molecule has 5 nitrogen and oxygen atoms in total. The summed E-state index contributed by atoms with van der Waals surface area (Å²) in [6.45, 7) is 0. The lowest BCUT2D eigenvalue weighted by Gasteiger charge is -2.10. The van der Waals surface area contributed by atoms with E-state index in [-0.39, 0.29) is 11.7 Å². The number of rotatable bonds is 4. The zero-order chi connectivity index (χ0) is 13.4. The summed E-state index contributed by atoms with van der Waals surface area (Å²) in [5.41, 5.74) is 1.13. The molecule has 6 heteroatoms. The van der Waals surface area contributed by atoms with E-state index >= 15 is 0 Å². The molecule has 0 saturated heterocycles. The van der Waals surface area contributed by atoms with Gasteiger partial charge >= 0.3 is 5.97 Å². The summed E-state index contributed by atoms with van der Waals surface area (Å²) < 4.78 is 5.77. The van der Waals surface area contributed by atoms with Crippen molar-refractivity contribution in [3.8, 4) is 17.0 Å². The van der Waals surface area contributed by atoms with Crippen molar-refractivity contribution >= 4 is 17.6 Å². The Labute approximate surface area is 114 Å². The third-order valence-electron chi connectivity index (χ3n) is 2.90. The minimum Gasteiger partial charge on any atom is -0.490 e. The zero-order valence-corrected chi connectivity index (χ0v) is 10.6. The number of aromatic nitrogens is 2. The van der Waals surface area contributed by atoms with E-state index in [1.807, 2.05) is 0 Å². The summed E-state index contributed by atoms with van der Waals surface area (Å²) in [6, 6.07) is 5.15. The number of halogens is 1. The quantitative estimate of drug-likeness (QED) is 0.901. The van der Waals surface area contributed by atoms with Crippen molar-refractivity contribution in [1.82, 2.24) is 10.2 Å². The SMILES string of the molecule is O=C(O)c1cn[nH]c1-c1cc(Cl)ccc1OC1CC1. The van der Waals surface area contributed by atoms with Gasteiger partial charge in [-0.1, -0.05) is 11.6 Å².